The van der Waals surface area contributed by atoms with Gasteiger partial charge in [-0.3, -0.25) is 0 Å². The van der Waals surface area contributed by atoms with Crippen molar-refractivity contribution < 1.29 is 8.78 Å². The number of benzene rings is 1. The van der Waals surface area contributed by atoms with Gasteiger partial charge in [-0.25, -0.2) is 8.78 Å². The van der Waals surface area contributed by atoms with Crippen LogP contribution in [0.5, 0.6) is 0 Å². The van der Waals surface area contributed by atoms with Crippen molar-refractivity contribution in [3.8, 4) is 0 Å². The van der Waals surface area contributed by atoms with Gasteiger partial charge in [-0.1, -0.05) is 18.9 Å². The number of likely N-dealkylation sites (tertiary alicyclic amines) is 1. The van der Waals surface area contributed by atoms with Gasteiger partial charge in [0.2, 0.25) is 0 Å². The molecule has 0 amide bonds. The molecule has 4 heteroatoms. The number of hydrogen-bond acceptors (Lipinski definition) is 2. The standard InChI is InChI=1S/C16H24F2N2/c1-13(16-14(17)7-6-8-15(16)18)19-9-12-20-10-4-2-3-5-11-20/h6-8,13,19H,2-5,9-12H2,1H3. The van der Waals surface area contributed by atoms with Gasteiger partial charge in [-0.05, 0) is 45.0 Å². The Hall–Kier alpha value is -1.00. The van der Waals surface area contributed by atoms with Crippen LogP contribution < -0.4 is 5.32 Å². The van der Waals surface area contributed by atoms with Crippen LogP contribution in [0, 0.1) is 11.6 Å². The van der Waals surface area contributed by atoms with Crippen LogP contribution in [-0.4, -0.2) is 31.1 Å². The van der Waals surface area contributed by atoms with Crippen LogP contribution in [0.25, 0.3) is 0 Å². The van der Waals surface area contributed by atoms with Gasteiger partial charge in [0.1, 0.15) is 11.6 Å². The van der Waals surface area contributed by atoms with E-state index in [1.54, 1.807) is 0 Å². The van der Waals surface area contributed by atoms with E-state index in [-0.39, 0.29) is 11.6 Å². The van der Waals surface area contributed by atoms with Crippen molar-refractivity contribution in [3.63, 3.8) is 0 Å². The fourth-order valence-electron chi connectivity index (χ4n) is 2.83. The van der Waals surface area contributed by atoms with Gasteiger partial charge in [0, 0.05) is 24.7 Å². The second-order valence-electron chi connectivity index (χ2n) is 5.57. The third-order valence-electron chi connectivity index (χ3n) is 4.01. The number of halogens is 2. The highest BCUT2D eigenvalue weighted by molar-refractivity contribution is 5.22. The van der Waals surface area contributed by atoms with Gasteiger partial charge < -0.3 is 10.2 Å². The second-order valence-corrected chi connectivity index (χ2v) is 5.57. The molecular formula is C16H24F2N2. The quantitative estimate of drug-likeness (QED) is 0.889. The Morgan fingerprint density at radius 2 is 1.70 bits per heavy atom. The fourth-order valence-corrected chi connectivity index (χ4v) is 2.83. The summed E-state index contributed by atoms with van der Waals surface area (Å²) in [6.07, 6.45) is 5.16. The summed E-state index contributed by atoms with van der Waals surface area (Å²) in [6.45, 7) is 5.80. The third kappa shape index (κ3) is 4.25. The first kappa shape index (κ1) is 15.4. The molecule has 1 aromatic carbocycles. The Kier molecular flexibility index (Phi) is 5.92. The molecule has 0 aromatic heterocycles. The van der Waals surface area contributed by atoms with E-state index in [2.05, 4.69) is 10.2 Å². The molecule has 1 heterocycles. The SMILES string of the molecule is CC(NCCN1CCCCCC1)c1c(F)cccc1F. The molecule has 1 fully saturated rings. The predicted molar refractivity (Wildman–Crippen MR) is 77.7 cm³/mol. The van der Waals surface area contributed by atoms with Gasteiger partial charge in [0.25, 0.3) is 0 Å². The number of hydrogen-bond donors (Lipinski definition) is 1. The van der Waals surface area contributed by atoms with Gasteiger partial charge >= 0.3 is 0 Å². The zero-order valence-electron chi connectivity index (χ0n) is 12.2. The smallest absolute Gasteiger partial charge is 0.130 e. The van der Waals surface area contributed by atoms with Gasteiger partial charge in [-0.2, -0.15) is 0 Å². The monoisotopic (exact) mass is 282 g/mol. The molecule has 0 spiro atoms. The highest BCUT2D eigenvalue weighted by Crippen LogP contribution is 2.20. The fraction of sp³-hybridized carbons (Fsp3) is 0.625. The molecule has 1 aliphatic rings. The van der Waals surface area contributed by atoms with E-state index in [9.17, 15) is 8.78 Å². The van der Waals surface area contributed by atoms with Gasteiger partial charge in [0.15, 0.2) is 0 Å². The zero-order chi connectivity index (χ0) is 14.4. The topological polar surface area (TPSA) is 15.3 Å². The molecule has 112 valence electrons. The van der Waals surface area contributed by atoms with E-state index >= 15 is 0 Å². The molecule has 20 heavy (non-hydrogen) atoms. The molecule has 0 saturated carbocycles. The summed E-state index contributed by atoms with van der Waals surface area (Å²) in [5, 5.41) is 3.23. The lowest BCUT2D eigenvalue weighted by Gasteiger charge is -2.22. The van der Waals surface area contributed by atoms with Crippen molar-refractivity contribution in [1.29, 1.82) is 0 Å². The maximum atomic E-state index is 13.6. The molecule has 1 unspecified atom stereocenters. The lowest BCUT2D eigenvalue weighted by atomic mass is 10.1. The maximum Gasteiger partial charge on any atom is 0.130 e. The lowest BCUT2D eigenvalue weighted by Crippen LogP contribution is -2.34. The summed E-state index contributed by atoms with van der Waals surface area (Å²) < 4.78 is 27.3. The van der Waals surface area contributed by atoms with Crippen LogP contribution in [0.4, 0.5) is 8.78 Å². The van der Waals surface area contributed by atoms with E-state index in [1.165, 1.54) is 43.9 Å². The molecule has 2 rings (SSSR count). The van der Waals surface area contributed by atoms with Crippen LogP contribution in [-0.2, 0) is 0 Å². The molecule has 1 saturated heterocycles. The van der Waals surface area contributed by atoms with E-state index in [0.717, 1.165) is 26.2 Å². The van der Waals surface area contributed by atoms with Crippen LogP contribution in [0.1, 0.15) is 44.2 Å². The van der Waals surface area contributed by atoms with Crippen molar-refractivity contribution in [2.75, 3.05) is 26.2 Å². The molecule has 0 aliphatic carbocycles. The normalized spacial score (nSPS) is 18.8. The molecule has 1 atom stereocenters. The summed E-state index contributed by atoms with van der Waals surface area (Å²) in [6, 6.07) is 3.72. The number of nitrogens with one attached hydrogen (secondary N) is 1. The Labute approximate surface area is 120 Å². The first-order chi connectivity index (χ1) is 9.68. The van der Waals surface area contributed by atoms with Crippen molar-refractivity contribution in [2.24, 2.45) is 0 Å². The Morgan fingerprint density at radius 3 is 2.30 bits per heavy atom. The van der Waals surface area contributed by atoms with Crippen molar-refractivity contribution >= 4 is 0 Å². The molecule has 1 aliphatic heterocycles. The maximum absolute atomic E-state index is 13.6. The first-order valence-corrected chi connectivity index (χ1v) is 7.58. The summed E-state index contributed by atoms with van der Waals surface area (Å²) >= 11 is 0. The zero-order valence-corrected chi connectivity index (χ0v) is 12.2. The molecule has 1 aromatic rings. The average Bonchev–Trinajstić information content (AvgIpc) is 2.67. The van der Waals surface area contributed by atoms with Crippen LogP contribution in [0.15, 0.2) is 18.2 Å². The molecule has 1 N–H and O–H groups in total. The summed E-state index contributed by atoms with van der Waals surface area (Å²) in [5.41, 5.74) is 0.142. The highest BCUT2D eigenvalue weighted by Gasteiger charge is 2.16. The summed E-state index contributed by atoms with van der Waals surface area (Å²) in [7, 11) is 0. The minimum atomic E-state index is -0.472. The lowest BCUT2D eigenvalue weighted by molar-refractivity contribution is 0.279. The Balaban J connectivity index is 1.81. The number of nitrogens with zero attached hydrogens (tertiary/aromatic N) is 1. The predicted octanol–water partition coefficient (Wildman–Crippen LogP) is 3.49. The minimum absolute atomic E-state index is 0.142. The molecule has 0 radical (unpaired) electrons. The van der Waals surface area contributed by atoms with Crippen molar-refractivity contribution in [3.05, 3.63) is 35.4 Å². The number of rotatable bonds is 5. The van der Waals surface area contributed by atoms with Crippen molar-refractivity contribution in [1.82, 2.24) is 10.2 Å². The van der Waals surface area contributed by atoms with Gasteiger partial charge in [0.05, 0.1) is 0 Å². The Morgan fingerprint density at radius 1 is 1.10 bits per heavy atom. The average molecular weight is 282 g/mol. The van der Waals surface area contributed by atoms with Crippen molar-refractivity contribution in [2.45, 2.75) is 38.6 Å². The van der Waals surface area contributed by atoms with E-state index in [4.69, 9.17) is 0 Å². The highest BCUT2D eigenvalue weighted by atomic mass is 19.1. The van der Waals surface area contributed by atoms with Crippen LogP contribution in [0.2, 0.25) is 0 Å². The Bertz CT molecular complexity index is 395. The van der Waals surface area contributed by atoms with E-state index in [0.29, 0.717) is 0 Å². The molecule has 2 nitrogen and oxygen atoms in total. The van der Waals surface area contributed by atoms with Crippen LogP contribution in [0.3, 0.4) is 0 Å². The molecular weight excluding hydrogens is 258 g/mol. The van der Waals surface area contributed by atoms with Crippen LogP contribution >= 0.6 is 0 Å². The summed E-state index contributed by atoms with van der Waals surface area (Å²) in [4.78, 5) is 2.43. The minimum Gasteiger partial charge on any atom is -0.309 e. The second kappa shape index (κ2) is 7.70. The summed E-state index contributed by atoms with van der Waals surface area (Å²) in [5.74, 6) is -0.945. The first-order valence-electron chi connectivity index (χ1n) is 7.58. The van der Waals surface area contributed by atoms with Gasteiger partial charge in [-0.15, -0.1) is 0 Å². The largest absolute Gasteiger partial charge is 0.309 e. The van der Waals surface area contributed by atoms with E-state index < -0.39 is 11.6 Å². The van der Waals surface area contributed by atoms with E-state index in [1.807, 2.05) is 6.92 Å². The molecule has 0 bridgehead atoms. The third-order valence-corrected chi connectivity index (χ3v) is 4.01.